The van der Waals surface area contributed by atoms with Crippen molar-refractivity contribution in [3.05, 3.63) is 23.8 Å². The summed E-state index contributed by atoms with van der Waals surface area (Å²) in [5, 5.41) is 8.38. The van der Waals surface area contributed by atoms with Crippen molar-refractivity contribution in [2.75, 3.05) is 0 Å². The summed E-state index contributed by atoms with van der Waals surface area (Å²) in [7, 11) is 0. The van der Waals surface area contributed by atoms with E-state index < -0.39 is 5.97 Å². The van der Waals surface area contributed by atoms with Crippen LogP contribution in [0.5, 0.6) is 0 Å². The number of hydrogen-bond acceptors (Lipinski definition) is 1. The van der Waals surface area contributed by atoms with Crippen molar-refractivity contribution >= 4 is 5.97 Å². The summed E-state index contributed by atoms with van der Waals surface area (Å²) in [5.74, 6) is -0.879. The summed E-state index contributed by atoms with van der Waals surface area (Å²) in [4.78, 5) is 10.2. The fourth-order valence-electron chi connectivity index (χ4n) is 0.471. The molecular weight excluding hydrogens is 116 g/mol. The lowest BCUT2D eigenvalue weighted by Gasteiger charge is -1.88. The van der Waals surface area contributed by atoms with E-state index in [9.17, 15) is 4.79 Å². The molecule has 0 aromatic carbocycles. The highest BCUT2D eigenvalue weighted by Gasteiger charge is 1.97. The highest BCUT2D eigenvalue weighted by atomic mass is 16.4. The van der Waals surface area contributed by atoms with Crippen LogP contribution in [0.15, 0.2) is 23.8 Å². The second-order valence-electron chi connectivity index (χ2n) is 1.55. The SMILES string of the molecule is C/C=C\C(=C/C)C(=O)O. The maximum Gasteiger partial charge on any atom is 0.335 e. The molecule has 0 aliphatic rings. The summed E-state index contributed by atoms with van der Waals surface area (Å²) in [6, 6.07) is 0. The molecule has 0 atom stereocenters. The third-order valence-electron chi connectivity index (χ3n) is 0.904. The van der Waals surface area contributed by atoms with Crippen LogP contribution in [-0.4, -0.2) is 11.1 Å². The van der Waals surface area contributed by atoms with Crippen LogP contribution < -0.4 is 0 Å². The Balaban J connectivity index is 4.19. The number of hydrogen-bond donors (Lipinski definition) is 1. The fraction of sp³-hybridized carbons (Fsp3) is 0.286. The molecule has 0 aromatic heterocycles. The van der Waals surface area contributed by atoms with Gasteiger partial charge in [0.2, 0.25) is 0 Å². The van der Waals surface area contributed by atoms with Crippen LogP contribution in [-0.2, 0) is 4.79 Å². The largest absolute Gasteiger partial charge is 0.478 e. The number of aliphatic carboxylic acids is 1. The lowest BCUT2D eigenvalue weighted by Crippen LogP contribution is -1.95. The molecule has 0 rings (SSSR count). The van der Waals surface area contributed by atoms with E-state index in [0.717, 1.165) is 0 Å². The van der Waals surface area contributed by atoms with E-state index in [4.69, 9.17) is 5.11 Å². The van der Waals surface area contributed by atoms with Crippen molar-refractivity contribution < 1.29 is 9.90 Å². The molecule has 0 saturated heterocycles. The summed E-state index contributed by atoms with van der Waals surface area (Å²) in [6.45, 7) is 3.48. The lowest BCUT2D eigenvalue weighted by molar-refractivity contribution is -0.132. The highest BCUT2D eigenvalue weighted by Crippen LogP contribution is 1.94. The van der Waals surface area contributed by atoms with Gasteiger partial charge < -0.3 is 5.11 Å². The Bertz CT molecular complexity index is 154. The van der Waals surface area contributed by atoms with E-state index in [2.05, 4.69) is 0 Å². The van der Waals surface area contributed by atoms with Crippen LogP contribution in [0, 0.1) is 0 Å². The smallest absolute Gasteiger partial charge is 0.335 e. The van der Waals surface area contributed by atoms with Gasteiger partial charge in [-0.05, 0) is 13.8 Å². The van der Waals surface area contributed by atoms with Gasteiger partial charge in [-0.1, -0.05) is 18.2 Å². The first-order valence-corrected chi connectivity index (χ1v) is 2.74. The zero-order valence-electron chi connectivity index (χ0n) is 5.59. The molecular formula is C7H10O2. The Morgan fingerprint density at radius 1 is 1.44 bits per heavy atom. The van der Waals surface area contributed by atoms with Gasteiger partial charge in [0, 0.05) is 0 Å². The lowest BCUT2D eigenvalue weighted by atomic mass is 10.2. The minimum absolute atomic E-state index is 0.331. The summed E-state index contributed by atoms with van der Waals surface area (Å²) in [6.07, 6.45) is 4.81. The van der Waals surface area contributed by atoms with Gasteiger partial charge >= 0.3 is 5.97 Å². The standard InChI is InChI=1S/C7H10O2/c1-3-5-6(4-2)7(8)9/h3-5H,1-2H3,(H,8,9)/b5-3-,6-4+. The Hall–Kier alpha value is -1.05. The Morgan fingerprint density at radius 3 is 2.11 bits per heavy atom. The van der Waals surface area contributed by atoms with Gasteiger partial charge in [0.05, 0.1) is 5.57 Å². The molecule has 0 amide bonds. The zero-order chi connectivity index (χ0) is 7.28. The summed E-state index contributed by atoms with van der Waals surface area (Å²) < 4.78 is 0. The molecule has 0 radical (unpaired) electrons. The number of carboxylic acids is 1. The number of carbonyl (C=O) groups is 1. The van der Waals surface area contributed by atoms with Gasteiger partial charge in [-0.25, -0.2) is 4.79 Å². The summed E-state index contributed by atoms with van der Waals surface area (Å²) in [5.41, 5.74) is 0.331. The van der Waals surface area contributed by atoms with Gasteiger partial charge in [0.15, 0.2) is 0 Å². The molecule has 0 aliphatic carbocycles. The van der Waals surface area contributed by atoms with Crippen LogP contribution in [0.1, 0.15) is 13.8 Å². The quantitative estimate of drug-likeness (QED) is 0.450. The third-order valence-corrected chi connectivity index (χ3v) is 0.904. The van der Waals surface area contributed by atoms with Crippen molar-refractivity contribution in [2.45, 2.75) is 13.8 Å². The second-order valence-corrected chi connectivity index (χ2v) is 1.55. The van der Waals surface area contributed by atoms with E-state index >= 15 is 0 Å². The van der Waals surface area contributed by atoms with Crippen LogP contribution in [0.25, 0.3) is 0 Å². The molecule has 2 nitrogen and oxygen atoms in total. The van der Waals surface area contributed by atoms with E-state index in [0.29, 0.717) is 5.57 Å². The van der Waals surface area contributed by atoms with Gasteiger partial charge in [-0.2, -0.15) is 0 Å². The van der Waals surface area contributed by atoms with Gasteiger partial charge in [-0.15, -0.1) is 0 Å². The average Bonchev–Trinajstić information content (AvgIpc) is 1.82. The fourth-order valence-corrected chi connectivity index (χ4v) is 0.471. The first-order valence-electron chi connectivity index (χ1n) is 2.74. The molecule has 9 heavy (non-hydrogen) atoms. The van der Waals surface area contributed by atoms with Crippen LogP contribution >= 0.6 is 0 Å². The number of allylic oxidation sites excluding steroid dienone is 2. The average molecular weight is 126 g/mol. The Morgan fingerprint density at radius 2 is 2.00 bits per heavy atom. The molecule has 0 aliphatic heterocycles. The minimum atomic E-state index is -0.879. The summed E-state index contributed by atoms with van der Waals surface area (Å²) >= 11 is 0. The van der Waals surface area contributed by atoms with E-state index in [-0.39, 0.29) is 0 Å². The molecule has 2 heteroatoms. The van der Waals surface area contributed by atoms with Crippen molar-refractivity contribution in [1.29, 1.82) is 0 Å². The molecule has 0 heterocycles. The topological polar surface area (TPSA) is 37.3 Å². The van der Waals surface area contributed by atoms with Crippen molar-refractivity contribution in [1.82, 2.24) is 0 Å². The van der Waals surface area contributed by atoms with Gasteiger partial charge in [0.25, 0.3) is 0 Å². The molecule has 1 N–H and O–H groups in total. The zero-order valence-corrected chi connectivity index (χ0v) is 5.59. The van der Waals surface area contributed by atoms with Gasteiger partial charge in [0.1, 0.15) is 0 Å². The van der Waals surface area contributed by atoms with Crippen molar-refractivity contribution in [3.8, 4) is 0 Å². The highest BCUT2D eigenvalue weighted by molar-refractivity contribution is 5.89. The molecule has 0 fully saturated rings. The molecule has 0 unspecified atom stereocenters. The van der Waals surface area contributed by atoms with E-state index in [1.54, 1.807) is 32.1 Å². The maximum absolute atomic E-state index is 10.2. The van der Waals surface area contributed by atoms with Crippen molar-refractivity contribution in [2.24, 2.45) is 0 Å². The predicted molar refractivity (Wildman–Crippen MR) is 36.2 cm³/mol. The van der Waals surface area contributed by atoms with E-state index in [1.165, 1.54) is 0 Å². The number of rotatable bonds is 2. The van der Waals surface area contributed by atoms with Crippen molar-refractivity contribution in [3.63, 3.8) is 0 Å². The minimum Gasteiger partial charge on any atom is -0.478 e. The Kier molecular flexibility index (Phi) is 3.44. The van der Waals surface area contributed by atoms with Crippen LogP contribution in [0.3, 0.4) is 0 Å². The molecule has 0 bridgehead atoms. The normalized spacial score (nSPS) is 12.4. The monoisotopic (exact) mass is 126 g/mol. The second kappa shape index (κ2) is 3.89. The van der Waals surface area contributed by atoms with Gasteiger partial charge in [-0.3, -0.25) is 0 Å². The molecule has 0 saturated carbocycles. The van der Waals surface area contributed by atoms with Crippen LogP contribution in [0.2, 0.25) is 0 Å². The predicted octanol–water partition coefficient (Wildman–Crippen LogP) is 1.59. The Labute approximate surface area is 54.5 Å². The third kappa shape index (κ3) is 2.69. The first kappa shape index (κ1) is 7.95. The molecule has 0 spiro atoms. The van der Waals surface area contributed by atoms with E-state index in [1.807, 2.05) is 0 Å². The number of carboxylic acid groups (broad SMARTS) is 1. The molecule has 50 valence electrons. The molecule has 0 aromatic rings. The van der Waals surface area contributed by atoms with Crippen LogP contribution in [0.4, 0.5) is 0 Å². The first-order chi connectivity index (χ1) is 4.22. The maximum atomic E-state index is 10.2.